The number of rotatable bonds is 9. The van der Waals surface area contributed by atoms with E-state index < -0.39 is 10.0 Å². The van der Waals surface area contributed by atoms with Crippen LogP contribution in [0, 0.1) is 0 Å². The molecular weight excluding hydrogens is 424 g/mol. The first-order valence-corrected chi connectivity index (χ1v) is 12.3. The zero-order valence-corrected chi connectivity index (χ0v) is 19.3. The van der Waals surface area contributed by atoms with Gasteiger partial charge in [-0.15, -0.1) is 0 Å². The molecule has 0 aliphatic rings. The molecule has 3 aromatic rings. The molecule has 7 heteroatoms. The third kappa shape index (κ3) is 5.88. The van der Waals surface area contributed by atoms with E-state index in [1.807, 2.05) is 68.4 Å². The van der Waals surface area contributed by atoms with Gasteiger partial charge in [-0.25, -0.2) is 8.42 Å². The maximum absolute atomic E-state index is 13.1. The minimum absolute atomic E-state index is 0.137. The van der Waals surface area contributed by atoms with Gasteiger partial charge in [0, 0.05) is 0 Å². The van der Waals surface area contributed by atoms with Gasteiger partial charge < -0.3 is 10.1 Å². The average molecular weight is 453 g/mol. The number of ether oxygens (including phenoxy) is 1. The molecule has 0 heterocycles. The monoisotopic (exact) mass is 452 g/mol. The van der Waals surface area contributed by atoms with Crippen LogP contribution in [0.15, 0.2) is 78.9 Å². The van der Waals surface area contributed by atoms with Gasteiger partial charge in [-0.3, -0.25) is 9.10 Å². The van der Waals surface area contributed by atoms with Gasteiger partial charge in [-0.05, 0) is 49.2 Å². The molecule has 3 aromatic carbocycles. The Labute approximate surface area is 189 Å². The van der Waals surface area contributed by atoms with Crippen LogP contribution in [-0.4, -0.2) is 27.2 Å². The Kier molecular flexibility index (Phi) is 7.53. The third-order valence-electron chi connectivity index (χ3n) is 5.03. The summed E-state index contributed by atoms with van der Waals surface area (Å²) in [6, 6.07) is 23.3. The van der Waals surface area contributed by atoms with Gasteiger partial charge in [0.05, 0.1) is 36.7 Å². The van der Waals surface area contributed by atoms with Crippen molar-refractivity contribution in [2.75, 3.05) is 17.2 Å². The molecule has 32 heavy (non-hydrogen) atoms. The molecule has 0 aliphatic heterocycles. The number of para-hydroxylation sites is 1. The summed E-state index contributed by atoms with van der Waals surface area (Å²) < 4.78 is 32.0. The molecule has 0 aromatic heterocycles. The number of nitrogens with zero attached hydrogens (tertiary/aromatic N) is 1. The second-order valence-corrected chi connectivity index (χ2v) is 9.38. The molecule has 0 aliphatic carbocycles. The van der Waals surface area contributed by atoms with Gasteiger partial charge in [0.25, 0.3) is 5.91 Å². The lowest BCUT2D eigenvalue weighted by atomic mass is 10.1. The van der Waals surface area contributed by atoms with E-state index in [0.29, 0.717) is 17.9 Å². The highest BCUT2D eigenvalue weighted by molar-refractivity contribution is 7.92. The van der Waals surface area contributed by atoms with E-state index in [0.717, 1.165) is 23.1 Å². The van der Waals surface area contributed by atoms with Crippen molar-refractivity contribution in [2.24, 2.45) is 0 Å². The largest absolute Gasteiger partial charge is 0.494 e. The van der Waals surface area contributed by atoms with E-state index >= 15 is 0 Å². The van der Waals surface area contributed by atoms with Crippen molar-refractivity contribution >= 4 is 21.6 Å². The van der Waals surface area contributed by atoms with Crippen LogP contribution in [0.1, 0.15) is 41.4 Å². The zero-order valence-electron chi connectivity index (χ0n) is 18.5. The Bertz CT molecular complexity index is 1150. The van der Waals surface area contributed by atoms with E-state index in [9.17, 15) is 13.2 Å². The molecule has 3 rings (SSSR count). The second-order valence-electron chi connectivity index (χ2n) is 7.47. The maximum Gasteiger partial charge on any atom is 0.253 e. The smallest absolute Gasteiger partial charge is 0.253 e. The van der Waals surface area contributed by atoms with Crippen LogP contribution in [0.3, 0.4) is 0 Å². The quantitative estimate of drug-likeness (QED) is 0.517. The van der Waals surface area contributed by atoms with E-state index in [2.05, 4.69) is 5.32 Å². The topological polar surface area (TPSA) is 75.7 Å². The van der Waals surface area contributed by atoms with Gasteiger partial charge in [-0.2, -0.15) is 0 Å². The first kappa shape index (κ1) is 23.3. The highest BCUT2D eigenvalue weighted by Gasteiger charge is 2.24. The fraction of sp³-hybridized carbons (Fsp3) is 0.240. The highest BCUT2D eigenvalue weighted by atomic mass is 32.2. The van der Waals surface area contributed by atoms with Crippen molar-refractivity contribution in [2.45, 2.75) is 26.4 Å². The summed E-state index contributed by atoms with van der Waals surface area (Å²) in [4.78, 5) is 13.1. The van der Waals surface area contributed by atoms with Crippen LogP contribution in [0.2, 0.25) is 0 Å². The molecule has 168 valence electrons. The predicted octanol–water partition coefficient (Wildman–Crippen LogP) is 4.54. The Hall–Kier alpha value is -3.32. The first-order chi connectivity index (χ1) is 15.3. The molecule has 6 nitrogen and oxygen atoms in total. The number of carbonyl (C=O) groups excluding carboxylic acids is 1. The fourth-order valence-electron chi connectivity index (χ4n) is 3.39. The number of nitrogens with one attached hydrogen (secondary N) is 1. The van der Waals surface area contributed by atoms with E-state index in [1.165, 1.54) is 4.31 Å². The van der Waals surface area contributed by atoms with Crippen LogP contribution in [-0.2, 0) is 16.6 Å². The molecule has 0 unspecified atom stereocenters. The number of carbonyl (C=O) groups is 1. The number of hydrogen-bond donors (Lipinski definition) is 1. The Balaban J connectivity index is 1.86. The van der Waals surface area contributed by atoms with Crippen molar-refractivity contribution in [3.8, 4) is 5.75 Å². The first-order valence-electron chi connectivity index (χ1n) is 10.4. The molecule has 0 spiro atoms. The van der Waals surface area contributed by atoms with Gasteiger partial charge in [-0.1, -0.05) is 54.6 Å². The third-order valence-corrected chi connectivity index (χ3v) is 6.15. The Morgan fingerprint density at radius 2 is 1.59 bits per heavy atom. The summed E-state index contributed by atoms with van der Waals surface area (Å²) in [7, 11) is -3.62. The molecule has 0 radical (unpaired) electrons. The number of anilines is 1. The Morgan fingerprint density at radius 1 is 0.969 bits per heavy atom. The highest BCUT2D eigenvalue weighted by Crippen LogP contribution is 2.26. The minimum Gasteiger partial charge on any atom is -0.494 e. The summed E-state index contributed by atoms with van der Waals surface area (Å²) in [6.45, 7) is 4.53. The summed E-state index contributed by atoms with van der Waals surface area (Å²) in [5.41, 5.74) is 2.39. The van der Waals surface area contributed by atoms with Gasteiger partial charge >= 0.3 is 0 Å². The lowest BCUT2D eigenvalue weighted by molar-refractivity contribution is 0.0940. The lowest BCUT2D eigenvalue weighted by Crippen LogP contribution is -2.33. The van der Waals surface area contributed by atoms with Crippen LogP contribution in [0.25, 0.3) is 0 Å². The van der Waals surface area contributed by atoms with Gasteiger partial charge in [0.1, 0.15) is 5.75 Å². The summed E-state index contributed by atoms with van der Waals surface area (Å²) >= 11 is 0. The molecule has 0 bridgehead atoms. The number of benzene rings is 3. The van der Waals surface area contributed by atoms with Crippen molar-refractivity contribution in [1.29, 1.82) is 0 Å². The van der Waals surface area contributed by atoms with E-state index in [-0.39, 0.29) is 18.5 Å². The summed E-state index contributed by atoms with van der Waals surface area (Å²) in [5.74, 6) is 0.425. The summed E-state index contributed by atoms with van der Waals surface area (Å²) in [6.07, 6.45) is 1.15. The second kappa shape index (κ2) is 10.3. The molecular formula is C25H28N2O4S. The Morgan fingerprint density at radius 3 is 2.22 bits per heavy atom. The number of hydrogen-bond acceptors (Lipinski definition) is 4. The van der Waals surface area contributed by atoms with Gasteiger partial charge in [0.15, 0.2) is 0 Å². The molecule has 0 saturated heterocycles. The van der Waals surface area contributed by atoms with Crippen molar-refractivity contribution in [3.05, 3.63) is 95.6 Å². The molecule has 1 amide bonds. The fourth-order valence-corrected chi connectivity index (χ4v) is 4.29. The van der Waals surface area contributed by atoms with Crippen LogP contribution < -0.4 is 14.4 Å². The van der Waals surface area contributed by atoms with E-state index in [1.54, 1.807) is 24.3 Å². The lowest BCUT2D eigenvalue weighted by Gasteiger charge is -2.25. The zero-order chi connectivity index (χ0) is 23.1. The predicted molar refractivity (Wildman–Crippen MR) is 127 cm³/mol. The van der Waals surface area contributed by atoms with Crippen molar-refractivity contribution in [1.82, 2.24) is 5.32 Å². The molecule has 1 N–H and O–H groups in total. The number of amides is 1. The van der Waals surface area contributed by atoms with Gasteiger partial charge in [0.2, 0.25) is 10.0 Å². The summed E-state index contributed by atoms with van der Waals surface area (Å²) in [5, 5.41) is 2.97. The van der Waals surface area contributed by atoms with Crippen LogP contribution >= 0.6 is 0 Å². The molecule has 1 atom stereocenters. The minimum atomic E-state index is -3.62. The average Bonchev–Trinajstić information content (AvgIpc) is 2.78. The molecule has 0 fully saturated rings. The van der Waals surface area contributed by atoms with Crippen molar-refractivity contribution < 1.29 is 17.9 Å². The SMILES string of the molecule is CCOc1ccc([C@@H](C)NC(=O)c2ccccc2N(Cc2ccccc2)S(C)(=O)=O)cc1. The van der Waals surface area contributed by atoms with Crippen molar-refractivity contribution in [3.63, 3.8) is 0 Å². The standard InChI is InChI=1S/C25H28N2O4S/c1-4-31-22-16-14-21(15-17-22)19(2)26-25(28)23-12-8-9-13-24(23)27(32(3,29)30)18-20-10-6-5-7-11-20/h5-17,19H,4,18H2,1-3H3,(H,26,28)/t19-/m1/s1. The molecule has 0 saturated carbocycles. The normalized spacial score (nSPS) is 12.1. The number of sulfonamides is 1. The maximum atomic E-state index is 13.1. The van der Waals surface area contributed by atoms with Crippen LogP contribution in [0.4, 0.5) is 5.69 Å². The van der Waals surface area contributed by atoms with Crippen LogP contribution in [0.5, 0.6) is 5.75 Å². The van der Waals surface area contributed by atoms with E-state index in [4.69, 9.17) is 4.74 Å².